The smallest absolute Gasteiger partial charge is 0.0702 e. The van der Waals surface area contributed by atoms with Gasteiger partial charge >= 0.3 is 0 Å². The van der Waals surface area contributed by atoms with Crippen LogP contribution in [0.3, 0.4) is 0 Å². The van der Waals surface area contributed by atoms with Gasteiger partial charge in [0.2, 0.25) is 0 Å². The average molecular weight is 258 g/mol. The number of aromatic nitrogens is 1. The van der Waals surface area contributed by atoms with E-state index in [4.69, 9.17) is 4.74 Å². The largest absolute Gasteiger partial charge is 0.384 e. The summed E-state index contributed by atoms with van der Waals surface area (Å²) in [6, 6.07) is 10.9. The van der Waals surface area contributed by atoms with Crippen molar-refractivity contribution in [2.75, 3.05) is 20.8 Å². The van der Waals surface area contributed by atoms with Gasteiger partial charge in [-0.3, -0.25) is 4.98 Å². The average Bonchev–Trinajstić information content (AvgIpc) is 2.44. The highest BCUT2D eigenvalue weighted by molar-refractivity contribution is 5.79. The summed E-state index contributed by atoms with van der Waals surface area (Å²) in [5.41, 5.74) is 2.36. The molecular weight excluding hydrogens is 236 g/mol. The van der Waals surface area contributed by atoms with Crippen molar-refractivity contribution >= 4 is 10.9 Å². The number of benzene rings is 1. The number of hydrogen-bond donors (Lipinski definition) is 1. The number of nitrogens with zero attached hydrogens (tertiary/aromatic N) is 1. The third kappa shape index (κ3) is 3.52. The SMILES string of the molecule is CNC(CC(C)COC)c1ccc2ncccc2c1. The minimum atomic E-state index is 0.356. The first-order chi connectivity index (χ1) is 9.24. The lowest BCUT2D eigenvalue weighted by Crippen LogP contribution is -2.20. The molecule has 0 bridgehead atoms. The highest BCUT2D eigenvalue weighted by atomic mass is 16.5. The van der Waals surface area contributed by atoms with Crippen molar-refractivity contribution in [1.29, 1.82) is 0 Å². The maximum Gasteiger partial charge on any atom is 0.0702 e. The second-order valence-corrected chi connectivity index (χ2v) is 5.09. The molecule has 1 heterocycles. The Balaban J connectivity index is 2.20. The lowest BCUT2D eigenvalue weighted by Gasteiger charge is -2.21. The van der Waals surface area contributed by atoms with Crippen LogP contribution < -0.4 is 5.32 Å². The maximum absolute atomic E-state index is 5.22. The maximum atomic E-state index is 5.22. The van der Waals surface area contributed by atoms with Gasteiger partial charge < -0.3 is 10.1 Å². The number of rotatable bonds is 6. The van der Waals surface area contributed by atoms with Crippen LogP contribution in [0.2, 0.25) is 0 Å². The highest BCUT2D eigenvalue weighted by Gasteiger charge is 2.14. The van der Waals surface area contributed by atoms with Crippen molar-refractivity contribution in [3.8, 4) is 0 Å². The molecule has 3 heteroatoms. The van der Waals surface area contributed by atoms with E-state index in [0.29, 0.717) is 12.0 Å². The van der Waals surface area contributed by atoms with Gasteiger partial charge in [-0.1, -0.05) is 19.1 Å². The molecule has 2 atom stereocenters. The minimum Gasteiger partial charge on any atom is -0.384 e. The zero-order valence-electron chi connectivity index (χ0n) is 11.9. The monoisotopic (exact) mass is 258 g/mol. The van der Waals surface area contributed by atoms with E-state index in [1.807, 2.05) is 19.3 Å². The normalized spacial score (nSPS) is 14.5. The molecule has 3 nitrogen and oxygen atoms in total. The summed E-state index contributed by atoms with van der Waals surface area (Å²) in [7, 11) is 3.77. The fourth-order valence-corrected chi connectivity index (χ4v) is 2.49. The Morgan fingerprint density at radius 2 is 2.16 bits per heavy atom. The quantitative estimate of drug-likeness (QED) is 0.864. The molecule has 1 N–H and O–H groups in total. The Hall–Kier alpha value is -1.45. The molecule has 0 aliphatic rings. The molecule has 0 saturated heterocycles. The third-order valence-electron chi connectivity index (χ3n) is 3.47. The molecule has 0 amide bonds. The lowest BCUT2D eigenvalue weighted by atomic mass is 9.95. The molecule has 1 aromatic heterocycles. The molecule has 0 aliphatic carbocycles. The molecule has 0 radical (unpaired) electrons. The van der Waals surface area contributed by atoms with Gasteiger partial charge in [0.15, 0.2) is 0 Å². The standard InChI is InChI=1S/C16H22N2O/c1-12(11-19-3)9-16(17-2)14-6-7-15-13(10-14)5-4-8-18-15/h4-8,10,12,16-17H,9,11H2,1-3H3. The van der Waals surface area contributed by atoms with Gasteiger partial charge in [-0.05, 0) is 43.1 Å². The molecule has 102 valence electrons. The van der Waals surface area contributed by atoms with Crippen LogP contribution in [0.15, 0.2) is 36.5 Å². The summed E-state index contributed by atoms with van der Waals surface area (Å²) in [6.07, 6.45) is 2.90. The van der Waals surface area contributed by atoms with Gasteiger partial charge in [-0.2, -0.15) is 0 Å². The van der Waals surface area contributed by atoms with Crippen LogP contribution in [0.25, 0.3) is 10.9 Å². The summed E-state index contributed by atoms with van der Waals surface area (Å²) in [4.78, 5) is 4.36. The van der Waals surface area contributed by atoms with Crippen molar-refractivity contribution in [1.82, 2.24) is 10.3 Å². The first kappa shape index (κ1) is 14.0. The molecule has 0 saturated carbocycles. The van der Waals surface area contributed by atoms with E-state index in [1.54, 1.807) is 7.11 Å². The Kier molecular flexibility index (Phi) is 4.88. The Morgan fingerprint density at radius 1 is 1.32 bits per heavy atom. The molecule has 0 fully saturated rings. The molecule has 0 spiro atoms. The number of ether oxygens (including phenoxy) is 1. The summed E-state index contributed by atoms with van der Waals surface area (Å²) in [5.74, 6) is 0.534. The molecule has 2 unspecified atom stereocenters. The Morgan fingerprint density at radius 3 is 2.89 bits per heavy atom. The van der Waals surface area contributed by atoms with E-state index in [2.05, 4.69) is 41.5 Å². The van der Waals surface area contributed by atoms with Gasteiger partial charge in [0.25, 0.3) is 0 Å². The summed E-state index contributed by atoms with van der Waals surface area (Å²) in [5, 5.41) is 4.59. The van der Waals surface area contributed by atoms with Gasteiger partial charge in [-0.25, -0.2) is 0 Å². The van der Waals surface area contributed by atoms with E-state index >= 15 is 0 Å². The molecule has 19 heavy (non-hydrogen) atoms. The lowest BCUT2D eigenvalue weighted by molar-refractivity contribution is 0.150. The Bertz CT molecular complexity index is 527. The van der Waals surface area contributed by atoms with E-state index in [9.17, 15) is 0 Å². The summed E-state index contributed by atoms with van der Waals surface area (Å²) in [6.45, 7) is 3.02. The van der Waals surface area contributed by atoms with Crippen molar-refractivity contribution in [2.24, 2.45) is 5.92 Å². The van der Waals surface area contributed by atoms with Crippen LogP contribution in [0.4, 0.5) is 0 Å². The van der Waals surface area contributed by atoms with Crippen LogP contribution >= 0.6 is 0 Å². The predicted octanol–water partition coefficient (Wildman–Crippen LogP) is 3.17. The van der Waals surface area contributed by atoms with Gasteiger partial charge in [0.1, 0.15) is 0 Å². The fourth-order valence-electron chi connectivity index (χ4n) is 2.49. The number of methoxy groups -OCH3 is 1. The second kappa shape index (κ2) is 6.64. The van der Waals surface area contributed by atoms with E-state index in [1.165, 1.54) is 10.9 Å². The minimum absolute atomic E-state index is 0.356. The van der Waals surface area contributed by atoms with Crippen LogP contribution in [-0.2, 0) is 4.74 Å². The van der Waals surface area contributed by atoms with Crippen molar-refractivity contribution in [3.05, 3.63) is 42.1 Å². The summed E-state index contributed by atoms with van der Waals surface area (Å²) < 4.78 is 5.22. The third-order valence-corrected chi connectivity index (χ3v) is 3.47. The molecule has 2 rings (SSSR count). The predicted molar refractivity (Wildman–Crippen MR) is 79.2 cm³/mol. The van der Waals surface area contributed by atoms with E-state index in [0.717, 1.165) is 18.5 Å². The van der Waals surface area contributed by atoms with Crippen LogP contribution in [0.5, 0.6) is 0 Å². The van der Waals surface area contributed by atoms with Gasteiger partial charge in [0, 0.05) is 31.3 Å². The van der Waals surface area contributed by atoms with Crippen molar-refractivity contribution < 1.29 is 4.74 Å². The first-order valence-electron chi connectivity index (χ1n) is 6.75. The fraction of sp³-hybridized carbons (Fsp3) is 0.438. The van der Waals surface area contributed by atoms with Gasteiger partial charge in [-0.15, -0.1) is 0 Å². The van der Waals surface area contributed by atoms with Crippen LogP contribution in [0, 0.1) is 5.92 Å². The van der Waals surface area contributed by atoms with Gasteiger partial charge in [0.05, 0.1) is 5.52 Å². The first-order valence-corrected chi connectivity index (χ1v) is 6.75. The van der Waals surface area contributed by atoms with Crippen LogP contribution in [-0.4, -0.2) is 25.7 Å². The zero-order chi connectivity index (χ0) is 13.7. The van der Waals surface area contributed by atoms with Crippen LogP contribution in [0.1, 0.15) is 24.9 Å². The topological polar surface area (TPSA) is 34.1 Å². The second-order valence-electron chi connectivity index (χ2n) is 5.09. The number of hydrogen-bond acceptors (Lipinski definition) is 3. The summed E-state index contributed by atoms with van der Waals surface area (Å²) >= 11 is 0. The number of fused-ring (bicyclic) bond motifs is 1. The van der Waals surface area contributed by atoms with Crippen molar-refractivity contribution in [3.63, 3.8) is 0 Å². The molecule has 1 aromatic carbocycles. The number of nitrogens with one attached hydrogen (secondary N) is 1. The number of pyridine rings is 1. The van der Waals surface area contributed by atoms with E-state index < -0.39 is 0 Å². The molecule has 0 aliphatic heterocycles. The zero-order valence-corrected chi connectivity index (χ0v) is 11.9. The highest BCUT2D eigenvalue weighted by Crippen LogP contribution is 2.24. The molecule has 2 aromatic rings. The van der Waals surface area contributed by atoms with Crippen molar-refractivity contribution in [2.45, 2.75) is 19.4 Å². The van der Waals surface area contributed by atoms with E-state index in [-0.39, 0.29) is 0 Å². The Labute approximate surface area is 115 Å². The molecular formula is C16H22N2O.